The number of amides is 2. The Hall–Kier alpha value is -2.77. The first-order chi connectivity index (χ1) is 14.6. The van der Waals surface area contributed by atoms with Gasteiger partial charge < -0.3 is 15.0 Å². The summed E-state index contributed by atoms with van der Waals surface area (Å²) in [7, 11) is 0. The van der Waals surface area contributed by atoms with Crippen molar-refractivity contribution in [2.75, 3.05) is 44.3 Å². The van der Waals surface area contributed by atoms with E-state index in [4.69, 9.17) is 4.74 Å². The number of nitrogens with one attached hydrogen (secondary N) is 1. The van der Waals surface area contributed by atoms with Gasteiger partial charge in [-0.25, -0.2) is 4.39 Å². The molecule has 2 aliphatic heterocycles. The third-order valence-corrected chi connectivity index (χ3v) is 5.69. The number of anilines is 1. The molecule has 1 unspecified atom stereocenters. The summed E-state index contributed by atoms with van der Waals surface area (Å²) in [4.78, 5) is 28.8. The smallest absolute Gasteiger partial charge is 0.251 e. The fourth-order valence-corrected chi connectivity index (χ4v) is 4.06. The Morgan fingerprint density at radius 3 is 2.57 bits per heavy atom. The average molecular weight is 411 g/mol. The molecule has 1 atom stereocenters. The van der Waals surface area contributed by atoms with E-state index in [1.807, 2.05) is 6.07 Å². The molecule has 2 heterocycles. The second-order valence-electron chi connectivity index (χ2n) is 7.62. The van der Waals surface area contributed by atoms with Crippen LogP contribution in [0.2, 0.25) is 0 Å². The van der Waals surface area contributed by atoms with Crippen molar-refractivity contribution in [1.29, 1.82) is 0 Å². The van der Waals surface area contributed by atoms with Crippen molar-refractivity contribution in [3.05, 3.63) is 65.5 Å². The Balaban J connectivity index is 1.47. The monoisotopic (exact) mass is 411 g/mol. The van der Waals surface area contributed by atoms with Gasteiger partial charge in [-0.15, -0.1) is 0 Å². The zero-order chi connectivity index (χ0) is 20.9. The van der Waals surface area contributed by atoms with Crippen molar-refractivity contribution in [2.45, 2.75) is 18.9 Å². The van der Waals surface area contributed by atoms with Gasteiger partial charge in [0.25, 0.3) is 5.91 Å². The number of halogens is 1. The second kappa shape index (κ2) is 9.36. The van der Waals surface area contributed by atoms with E-state index in [1.54, 1.807) is 35.2 Å². The minimum atomic E-state index is -0.281. The molecule has 2 aliphatic rings. The molecule has 6 nitrogen and oxygen atoms in total. The minimum Gasteiger partial charge on any atom is -0.379 e. The Bertz CT molecular complexity index is 897. The van der Waals surface area contributed by atoms with Crippen LogP contribution < -0.4 is 10.2 Å². The highest BCUT2D eigenvalue weighted by Gasteiger charge is 2.25. The van der Waals surface area contributed by atoms with Crippen LogP contribution in [0.4, 0.5) is 10.1 Å². The Labute approximate surface area is 175 Å². The van der Waals surface area contributed by atoms with Crippen LogP contribution in [0.1, 0.15) is 34.8 Å². The lowest BCUT2D eigenvalue weighted by atomic mass is 10.0. The van der Waals surface area contributed by atoms with Gasteiger partial charge in [0, 0.05) is 43.9 Å². The summed E-state index contributed by atoms with van der Waals surface area (Å²) >= 11 is 0. The zero-order valence-corrected chi connectivity index (χ0v) is 16.9. The summed E-state index contributed by atoms with van der Waals surface area (Å²) in [6, 6.07) is 13.5. The number of benzene rings is 2. The van der Waals surface area contributed by atoms with Crippen molar-refractivity contribution in [2.24, 2.45) is 0 Å². The number of hydrogen-bond acceptors (Lipinski definition) is 4. The first-order valence-electron chi connectivity index (χ1n) is 10.4. The molecule has 7 heteroatoms. The summed E-state index contributed by atoms with van der Waals surface area (Å²) in [6.45, 7) is 3.87. The highest BCUT2D eigenvalue weighted by atomic mass is 19.1. The van der Waals surface area contributed by atoms with E-state index in [1.165, 1.54) is 12.1 Å². The van der Waals surface area contributed by atoms with Gasteiger partial charge in [-0.2, -0.15) is 0 Å². The summed E-state index contributed by atoms with van der Waals surface area (Å²) in [5.41, 5.74) is 2.23. The predicted octanol–water partition coefficient (Wildman–Crippen LogP) is 2.76. The van der Waals surface area contributed by atoms with Gasteiger partial charge in [0.1, 0.15) is 5.82 Å². The molecule has 0 spiro atoms. The molecular formula is C23H26FN3O3. The van der Waals surface area contributed by atoms with E-state index in [0.29, 0.717) is 38.3 Å². The standard InChI is InChI=1S/C23H26FN3O3/c24-19-8-6-17(7-9-19)21(26-11-13-30-14-12-26)16-25-23(29)18-3-1-4-20(15-18)27-10-2-5-22(27)28/h1,3-4,6-9,15,21H,2,5,10-14,16H2,(H,25,29). The van der Waals surface area contributed by atoms with E-state index in [-0.39, 0.29) is 23.7 Å². The molecule has 4 rings (SSSR count). The number of nitrogens with zero attached hydrogens (tertiary/aromatic N) is 2. The topological polar surface area (TPSA) is 61.9 Å². The van der Waals surface area contributed by atoms with E-state index < -0.39 is 0 Å². The third kappa shape index (κ3) is 4.68. The van der Waals surface area contributed by atoms with Gasteiger partial charge in [-0.1, -0.05) is 18.2 Å². The number of morpholine rings is 1. The molecule has 2 aromatic rings. The summed E-state index contributed by atoms with van der Waals surface area (Å²) in [5.74, 6) is -0.378. The van der Waals surface area contributed by atoms with Crippen LogP contribution in [0.3, 0.4) is 0 Å². The van der Waals surface area contributed by atoms with Gasteiger partial charge in [0.05, 0.1) is 19.3 Å². The molecule has 158 valence electrons. The van der Waals surface area contributed by atoms with Crippen molar-refractivity contribution in [3.8, 4) is 0 Å². The first-order valence-corrected chi connectivity index (χ1v) is 10.4. The molecule has 0 bridgehead atoms. The molecule has 2 fully saturated rings. The molecule has 30 heavy (non-hydrogen) atoms. The maximum atomic E-state index is 13.4. The summed E-state index contributed by atoms with van der Waals surface area (Å²) in [6.07, 6.45) is 1.39. The van der Waals surface area contributed by atoms with Crippen LogP contribution >= 0.6 is 0 Å². The van der Waals surface area contributed by atoms with Gasteiger partial charge >= 0.3 is 0 Å². The lowest BCUT2D eigenvalue weighted by Gasteiger charge is -2.35. The molecule has 2 saturated heterocycles. The van der Waals surface area contributed by atoms with Gasteiger partial charge in [-0.3, -0.25) is 14.5 Å². The van der Waals surface area contributed by atoms with Gasteiger partial charge in [0.2, 0.25) is 5.91 Å². The van der Waals surface area contributed by atoms with Crippen LogP contribution in [0.15, 0.2) is 48.5 Å². The molecule has 1 N–H and O–H groups in total. The van der Waals surface area contributed by atoms with E-state index in [9.17, 15) is 14.0 Å². The van der Waals surface area contributed by atoms with Gasteiger partial charge in [-0.05, 0) is 42.3 Å². The maximum Gasteiger partial charge on any atom is 0.251 e. The van der Waals surface area contributed by atoms with E-state index in [0.717, 1.165) is 30.8 Å². The van der Waals surface area contributed by atoms with Crippen LogP contribution in [-0.2, 0) is 9.53 Å². The first kappa shape index (κ1) is 20.5. The lowest BCUT2D eigenvalue weighted by molar-refractivity contribution is -0.117. The number of carbonyl (C=O) groups is 2. The summed E-state index contributed by atoms with van der Waals surface area (Å²) < 4.78 is 18.8. The fraction of sp³-hybridized carbons (Fsp3) is 0.391. The van der Waals surface area contributed by atoms with Crippen molar-refractivity contribution < 1.29 is 18.7 Å². The number of ether oxygens (including phenoxy) is 1. The number of hydrogen-bond donors (Lipinski definition) is 1. The van der Waals surface area contributed by atoms with Crippen LogP contribution in [0.25, 0.3) is 0 Å². The van der Waals surface area contributed by atoms with Crippen LogP contribution in [0, 0.1) is 5.82 Å². The maximum absolute atomic E-state index is 13.4. The predicted molar refractivity (Wildman–Crippen MR) is 112 cm³/mol. The lowest BCUT2D eigenvalue weighted by Crippen LogP contribution is -2.43. The Morgan fingerprint density at radius 2 is 1.87 bits per heavy atom. The molecule has 0 aromatic heterocycles. The Kier molecular flexibility index (Phi) is 6.40. The fourth-order valence-electron chi connectivity index (χ4n) is 4.06. The Morgan fingerprint density at radius 1 is 1.10 bits per heavy atom. The van der Waals surface area contributed by atoms with E-state index in [2.05, 4.69) is 10.2 Å². The van der Waals surface area contributed by atoms with Crippen molar-refractivity contribution >= 4 is 17.5 Å². The number of rotatable bonds is 6. The molecule has 2 amide bonds. The molecule has 0 saturated carbocycles. The largest absolute Gasteiger partial charge is 0.379 e. The highest BCUT2D eigenvalue weighted by Crippen LogP contribution is 2.24. The molecule has 0 radical (unpaired) electrons. The second-order valence-corrected chi connectivity index (χ2v) is 7.62. The normalized spacial score (nSPS) is 18.4. The zero-order valence-electron chi connectivity index (χ0n) is 16.9. The molecular weight excluding hydrogens is 385 g/mol. The molecule has 2 aromatic carbocycles. The van der Waals surface area contributed by atoms with Crippen LogP contribution in [0.5, 0.6) is 0 Å². The van der Waals surface area contributed by atoms with Crippen molar-refractivity contribution in [1.82, 2.24) is 10.2 Å². The average Bonchev–Trinajstić information content (AvgIpc) is 3.21. The van der Waals surface area contributed by atoms with Crippen molar-refractivity contribution in [3.63, 3.8) is 0 Å². The minimum absolute atomic E-state index is 0.0678. The highest BCUT2D eigenvalue weighted by molar-refractivity contribution is 5.99. The summed E-state index contributed by atoms with van der Waals surface area (Å²) in [5, 5.41) is 3.02. The van der Waals surface area contributed by atoms with Gasteiger partial charge in [0.15, 0.2) is 0 Å². The number of carbonyl (C=O) groups excluding carboxylic acids is 2. The third-order valence-electron chi connectivity index (χ3n) is 5.69. The van der Waals surface area contributed by atoms with Crippen LogP contribution in [-0.4, -0.2) is 56.1 Å². The molecule has 0 aliphatic carbocycles. The quantitative estimate of drug-likeness (QED) is 0.794. The van der Waals surface area contributed by atoms with E-state index >= 15 is 0 Å². The SMILES string of the molecule is O=C(NCC(c1ccc(F)cc1)N1CCOCC1)c1cccc(N2CCCC2=O)c1.